The average Bonchev–Trinajstić information content (AvgIpc) is 2.16. The number of benzene rings is 1. The Labute approximate surface area is 84.0 Å². The Morgan fingerprint density at radius 1 is 1.29 bits per heavy atom. The Balaban J connectivity index is 2.50. The number of rotatable bonds is 4. The predicted octanol–water partition coefficient (Wildman–Crippen LogP) is 1.12. The molecule has 0 bridgehead atoms. The number of hydrogen-bond acceptors (Lipinski definition) is 3. The molecule has 0 fully saturated rings. The van der Waals surface area contributed by atoms with Crippen molar-refractivity contribution in [1.82, 2.24) is 0 Å². The molecular weight excluding hydrogens is 180 g/mol. The number of aliphatic hydroxyl groups is 2. The Kier molecular flexibility index (Phi) is 3.92. The van der Waals surface area contributed by atoms with Crippen LogP contribution in [0.4, 0.5) is 0 Å². The molecule has 0 aliphatic carbocycles. The van der Waals surface area contributed by atoms with E-state index in [4.69, 9.17) is 9.84 Å². The van der Waals surface area contributed by atoms with E-state index in [2.05, 4.69) is 0 Å². The summed E-state index contributed by atoms with van der Waals surface area (Å²) in [6, 6.07) is 7.57. The summed E-state index contributed by atoms with van der Waals surface area (Å²) in [7, 11) is 0. The number of hydrogen-bond donors (Lipinski definition) is 2. The van der Waals surface area contributed by atoms with Gasteiger partial charge in [0.05, 0.1) is 6.10 Å². The highest BCUT2D eigenvalue weighted by Crippen LogP contribution is 2.16. The molecule has 0 spiro atoms. The maximum Gasteiger partial charge on any atom is 0.122 e. The van der Waals surface area contributed by atoms with Gasteiger partial charge < -0.3 is 14.9 Å². The third-order valence-electron chi connectivity index (χ3n) is 2.06. The Bertz CT molecular complexity index is 284. The van der Waals surface area contributed by atoms with Crippen LogP contribution in [0, 0.1) is 6.92 Å². The summed E-state index contributed by atoms with van der Waals surface area (Å²) >= 11 is 0. The zero-order chi connectivity index (χ0) is 10.6. The van der Waals surface area contributed by atoms with E-state index < -0.39 is 12.2 Å². The molecule has 78 valence electrons. The van der Waals surface area contributed by atoms with Crippen molar-refractivity contribution in [3.05, 3.63) is 29.8 Å². The zero-order valence-corrected chi connectivity index (χ0v) is 8.47. The smallest absolute Gasteiger partial charge is 0.122 e. The molecule has 2 atom stereocenters. The lowest BCUT2D eigenvalue weighted by Gasteiger charge is -2.15. The van der Waals surface area contributed by atoms with Crippen LogP contribution in [-0.2, 0) is 0 Å². The number of aliphatic hydroxyl groups excluding tert-OH is 2. The van der Waals surface area contributed by atoms with Gasteiger partial charge in [-0.2, -0.15) is 0 Å². The Morgan fingerprint density at radius 2 is 1.93 bits per heavy atom. The molecule has 0 radical (unpaired) electrons. The number of aryl methyl sites for hydroxylation is 1. The molecular formula is C11H16O3. The Morgan fingerprint density at radius 3 is 2.50 bits per heavy atom. The average molecular weight is 196 g/mol. The molecule has 0 heterocycles. The van der Waals surface area contributed by atoms with Crippen molar-refractivity contribution in [2.75, 3.05) is 6.61 Å². The molecule has 0 saturated carbocycles. The molecule has 0 aliphatic heterocycles. The van der Waals surface area contributed by atoms with Gasteiger partial charge in [-0.25, -0.2) is 0 Å². The summed E-state index contributed by atoms with van der Waals surface area (Å²) in [5, 5.41) is 18.3. The topological polar surface area (TPSA) is 49.7 Å². The van der Waals surface area contributed by atoms with Crippen LogP contribution >= 0.6 is 0 Å². The van der Waals surface area contributed by atoms with Gasteiger partial charge in [-0.1, -0.05) is 18.2 Å². The number of ether oxygens (including phenoxy) is 1. The molecule has 3 heteroatoms. The van der Waals surface area contributed by atoms with Crippen LogP contribution in [-0.4, -0.2) is 29.0 Å². The minimum absolute atomic E-state index is 0.114. The highest BCUT2D eigenvalue weighted by Gasteiger charge is 2.11. The van der Waals surface area contributed by atoms with Crippen molar-refractivity contribution in [1.29, 1.82) is 0 Å². The van der Waals surface area contributed by atoms with Crippen molar-refractivity contribution < 1.29 is 14.9 Å². The highest BCUT2D eigenvalue weighted by molar-refractivity contribution is 5.31. The van der Waals surface area contributed by atoms with E-state index in [0.29, 0.717) is 0 Å². The van der Waals surface area contributed by atoms with E-state index in [1.54, 1.807) is 0 Å². The second-order valence-corrected chi connectivity index (χ2v) is 3.38. The van der Waals surface area contributed by atoms with E-state index in [9.17, 15) is 5.11 Å². The minimum atomic E-state index is -0.838. The van der Waals surface area contributed by atoms with Gasteiger partial charge in [0.2, 0.25) is 0 Å². The maximum atomic E-state index is 9.30. The largest absolute Gasteiger partial charge is 0.491 e. The normalized spacial score (nSPS) is 14.9. The van der Waals surface area contributed by atoms with E-state index >= 15 is 0 Å². The lowest BCUT2D eigenvalue weighted by molar-refractivity contribution is 0.00213. The van der Waals surface area contributed by atoms with E-state index in [1.807, 2.05) is 31.2 Å². The zero-order valence-electron chi connectivity index (χ0n) is 8.47. The lowest BCUT2D eigenvalue weighted by atomic mass is 10.2. The maximum absolute atomic E-state index is 9.30. The minimum Gasteiger partial charge on any atom is -0.491 e. The fraction of sp³-hybridized carbons (Fsp3) is 0.455. The van der Waals surface area contributed by atoms with Crippen molar-refractivity contribution >= 4 is 0 Å². The summed E-state index contributed by atoms with van der Waals surface area (Å²) in [5.74, 6) is 0.743. The quantitative estimate of drug-likeness (QED) is 0.758. The predicted molar refractivity (Wildman–Crippen MR) is 54.4 cm³/mol. The number of para-hydroxylation sites is 1. The molecule has 0 saturated heterocycles. The summed E-state index contributed by atoms with van der Waals surface area (Å²) in [5.41, 5.74) is 1.02. The highest BCUT2D eigenvalue weighted by atomic mass is 16.5. The van der Waals surface area contributed by atoms with Gasteiger partial charge >= 0.3 is 0 Å². The molecule has 0 aromatic heterocycles. The third-order valence-corrected chi connectivity index (χ3v) is 2.06. The van der Waals surface area contributed by atoms with Gasteiger partial charge in [0.1, 0.15) is 18.5 Å². The van der Waals surface area contributed by atoms with Gasteiger partial charge in [-0.05, 0) is 25.5 Å². The van der Waals surface area contributed by atoms with Crippen LogP contribution in [0.1, 0.15) is 12.5 Å². The van der Waals surface area contributed by atoms with Crippen molar-refractivity contribution in [3.8, 4) is 5.75 Å². The van der Waals surface area contributed by atoms with Crippen LogP contribution in [0.2, 0.25) is 0 Å². The van der Waals surface area contributed by atoms with Crippen LogP contribution < -0.4 is 4.74 Å². The molecule has 0 amide bonds. The van der Waals surface area contributed by atoms with E-state index in [1.165, 1.54) is 6.92 Å². The van der Waals surface area contributed by atoms with Gasteiger partial charge in [-0.15, -0.1) is 0 Å². The van der Waals surface area contributed by atoms with E-state index in [-0.39, 0.29) is 6.61 Å². The summed E-state index contributed by atoms with van der Waals surface area (Å²) < 4.78 is 5.35. The molecule has 0 aliphatic rings. The molecule has 1 aromatic rings. The molecule has 14 heavy (non-hydrogen) atoms. The standard InChI is InChI=1S/C11H16O3/c1-8-5-3-4-6-11(8)14-7-10(13)9(2)12/h3-6,9-10,12-13H,7H2,1-2H3. The first-order valence-electron chi connectivity index (χ1n) is 4.66. The second kappa shape index (κ2) is 4.98. The summed E-state index contributed by atoms with van der Waals surface area (Å²) in [4.78, 5) is 0. The molecule has 3 nitrogen and oxygen atoms in total. The van der Waals surface area contributed by atoms with Crippen molar-refractivity contribution in [3.63, 3.8) is 0 Å². The molecule has 2 N–H and O–H groups in total. The van der Waals surface area contributed by atoms with Crippen LogP contribution in [0.3, 0.4) is 0 Å². The summed E-state index contributed by atoms with van der Waals surface area (Å²) in [6.45, 7) is 3.58. The van der Waals surface area contributed by atoms with E-state index in [0.717, 1.165) is 11.3 Å². The van der Waals surface area contributed by atoms with Gasteiger partial charge in [0.15, 0.2) is 0 Å². The molecule has 1 aromatic carbocycles. The SMILES string of the molecule is Cc1ccccc1OCC(O)C(C)O. The Hall–Kier alpha value is -1.06. The first-order chi connectivity index (χ1) is 6.61. The lowest BCUT2D eigenvalue weighted by Crippen LogP contribution is -2.29. The molecule has 1 rings (SSSR count). The summed E-state index contributed by atoms with van der Waals surface area (Å²) in [6.07, 6.45) is -1.60. The fourth-order valence-electron chi connectivity index (χ4n) is 1.03. The third kappa shape index (κ3) is 3.01. The van der Waals surface area contributed by atoms with Crippen molar-refractivity contribution in [2.45, 2.75) is 26.1 Å². The van der Waals surface area contributed by atoms with Crippen molar-refractivity contribution in [2.24, 2.45) is 0 Å². The van der Waals surface area contributed by atoms with Gasteiger partial charge in [0.25, 0.3) is 0 Å². The van der Waals surface area contributed by atoms with Crippen LogP contribution in [0.25, 0.3) is 0 Å². The van der Waals surface area contributed by atoms with Crippen LogP contribution in [0.15, 0.2) is 24.3 Å². The van der Waals surface area contributed by atoms with Gasteiger partial charge in [0, 0.05) is 0 Å². The monoisotopic (exact) mass is 196 g/mol. The fourth-order valence-corrected chi connectivity index (χ4v) is 1.03. The van der Waals surface area contributed by atoms with Gasteiger partial charge in [-0.3, -0.25) is 0 Å². The van der Waals surface area contributed by atoms with Crippen LogP contribution in [0.5, 0.6) is 5.75 Å². The second-order valence-electron chi connectivity index (χ2n) is 3.38. The first-order valence-corrected chi connectivity index (χ1v) is 4.66. The first kappa shape index (κ1) is 11.0. The molecule has 2 unspecified atom stereocenters.